The minimum atomic E-state index is -0.482. The van der Waals surface area contributed by atoms with Crippen molar-refractivity contribution in [1.29, 1.82) is 0 Å². The molecule has 1 aromatic rings. The molecule has 0 bridgehead atoms. The summed E-state index contributed by atoms with van der Waals surface area (Å²) in [7, 11) is 0. The van der Waals surface area contributed by atoms with Gasteiger partial charge in [-0.05, 0) is 32.1 Å². The van der Waals surface area contributed by atoms with Gasteiger partial charge in [-0.1, -0.05) is 6.92 Å². The summed E-state index contributed by atoms with van der Waals surface area (Å²) in [4.78, 5) is 4.41. The molecule has 1 atom stereocenters. The van der Waals surface area contributed by atoms with Gasteiger partial charge in [-0.3, -0.25) is 0 Å². The molecule has 2 rings (SSSR count). The number of nitrogens with zero attached hydrogens (tertiary/aromatic N) is 1. The zero-order chi connectivity index (χ0) is 10.2. The Balaban J connectivity index is 2.07. The summed E-state index contributed by atoms with van der Waals surface area (Å²) in [6, 6.07) is 0. The average molecular weight is 211 g/mol. The van der Waals surface area contributed by atoms with Gasteiger partial charge in [0.15, 0.2) is 0 Å². The molecule has 14 heavy (non-hydrogen) atoms. The molecule has 1 saturated carbocycles. The predicted octanol–water partition coefficient (Wildman–Crippen LogP) is 2.55. The van der Waals surface area contributed by atoms with Crippen molar-refractivity contribution < 1.29 is 5.11 Å². The second kappa shape index (κ2) is 3.63. The number of hydrogen-bond acceptors (Lipinski definition) is 3. The maximum absolute atomic E-state index is 10.4. The summed E-state index contributed by atoms with van der Waals surface area (Å²) in [6.07, 6.45) is 3.96. The molecule has 1 heterocycles. The first kappa shape index (κ1) is 10.1. The van der Waals surface area contributed by atoms with Crippen molar-refractivity contribution in [3.8, 4) is 0 Å². The van der Waals surface area contributed by atoms with Gasteiger partial charge in [0.05, 0.1) is 10.6 Å². The standard InChI is InChI=1S/C11H17NOS/c1-3-11(13,9-4-5-9)6-10-12-8(2)7-14-10/h7,9,13H,3-6H2,1-2H3. The molecular weight excluding hydrogens is 194 g/mol. The molecule has 1 aromatic heterocycles. The Morgan fingerprint density at radius 2 is 2.36 bits per heavy atom. The number of thiazole rings is 1. The lowest BCUT2D eigenvalue weighted by Gasteiger charge is -2.25. The van der Waals surface area contributed by atoms with Crippen LogP contribution in [0, 0.1) is 12.8 Å². The summed E-state index contributed by atoms with van der Waals surface area (Å²) < 4.78 is 0. The van der Waals surface area contributed by atoms with Gasteiger partial charge in [-0.25, -0.2) is 4.98 Å². The van der Waals surface area contributed by atoms with Gasteiger partial charge in [0.25, 0.3) is 0 Å². The summed E-state index contributed by atoms with van der Waals surface area (Å²) in [5.41, 5.74) is 0.587. The maximum atomic E-state index is 10.4. The third-order valence-corrected chi connectivity index (χ3v) is 4.04. The van der Waals surface area contributed by atoms with E-state index in [1.54, 1.807) is 11.3 Å². The van der Waals surface area contributed by atoms with E-state index >= 15 is 0 Å². The van der Waals surface area contributed by atoms with Crippen LogP contribution in [-0.2, 0) is 6.42 Å². The highest BCUT2D eigenvalue weighted by atomic mass is 32.1. The molecule has 1 aliphatic carbocycles. The number of aromatic nitrogens is 1. The quantitative estimate of drug-likeness (QED) is 0.830. The maximum Gasteiger partial charge on any atom is 0.0956 e. The van der Waals surface area contributed by atoms with Crippen molar-refractivity contribution in [2.45, 2.75) is 45.1 Å². The minimum Gasteiger partial charge on any atom is -0.389 e. The van der Waals surface area contributed by atoms with Crippen LogP contribution < -0.4 is 0 Å². The van der Waals surface area contributed by atoms with Gasteiger partial charge in [0, 0.05) is 17.5 Å². The average Bonchev–Trinajstić information content (AvgIpc) is 2.93. The van der Waals surface area contributed by atoms with Crippen LogP contribution in [0.25, 0.3) is 0 Å². The van der Waals surface area contributed by atoms with Crippen LogP contribution in [0.15, 0.2) is 5.38 Å². The fourth-order valence-electron chi connectivity index (χ4n) is 1.92. The molecule has 0 radical (unpaired) electrons. The van der Waals surface area contributed by atoms with Gasteiger partial charge in [0.1, 0.15) is 0 Å². The fraction of sp³-hybridized carbons (Fsp3) is 0.727. The van der Waals surface area contributed by atoms with Gasteiger partial charge < -0.3 is 5.11 Å². The van der Waals surface area contributed by atoms with Gasteiger partial charge in [0.2, 0.25) is 0 Å². The molecule has 0 aromatic carbocycles. The number of hydrogen-bond donors (Lipinski definition) is 1. The molecule has 0 amide bonds. The number of rotatable bonds is 4. The Labute approximate surface area is 89.0 Å². The molecule has 1 unspecified atom stereocenters. The molecule has 3 heteroatoms. The van der Waals surface area contributed by atoms with Crippen molar-refractivity contribution in [3.63, 3.8) is 0 Å². The Bertz CT molecular complexity index is 319. The van der Waals surface area contributed by atoms with Crippen molar-refractivity contribution in [3.05, 3.63) is 16.1 Å². The molecule has 1 fully saturated rings. The van der Waals surface area contributed by atoms with Crippen molar-refractivity contribution >= 4 is 11.3 Å². The van der Waals surface area contributed by atoms with E-state index in [2.05, 4.69) is 17.3 Å². The largest absolute Gasteiger partial charge is 0.389 e. The minimum absolute atomic E-state index is 0.482. The highest BCUT2D eigenvalue weighted by molar-refractivity contribution is 7.09. The molecule has 0 spiro atoms. The van der Waals surface area contributed by atoms with Crippen LogP contribution in [0.2, 0.25) is 0 Å². The zero-order valence-corrected chi connectivity index (χ0v) is 9.60. The Morgan fingerprint density at radius 1 is 1.64 bits per heavy atom. The van der Waals surface area contributed by atoms with Crippen LogP contribution in [-0.4, -0.2) is 15.7 Å². The SMILES string of the molecule is CCC(O)(Cc1nc(C)cs1)C1CC1. The second-order valence-corrected chi connectivity index (χ2v) is 5.23. The first-order valence-corrected chi connectivity index (χ1v) is 6.15. The Hall–Kier alpha value is -0.410. The molecule has 2 nitrogen and oxygen atoms in total. The lowest BCUT2D eigenvalue weighted by molar-refractivity contribution is 0.0138. The normalized spacial score (nSPS) is 20.8. The lowest BCUT2D eigenvalue weighted by atomic mass is 9.91. The third-order valence-electron chi connectivity index (χ3n) is 3.07. The summed E-state index contributed by atoms with van der Waals surface area (Å²) in [5, 5.41) is 13.5. The molecule has 1 N–H and O–H groups in total. The topological polar surface area (TPSA) is 33.1 Å². The van der Waals surface area contributed by atoms with Crippen molar-refractivity contribution in [2.24, 2.45) is 5.92 Å². The van der Waals surface area contributed by atoms with E-state index in [1.807, 2.05) is 6.92 Å². The second-order valence-electron chi connectivity index (χ2n) is 4.29. The van der Waals surface area contributed by atoms with Crippen LogP contribution in [0.1, 0.15) is 36.9 Å². The fourth-order valence-corrected chi connectivity index (χ4v) is 2.81. The van der Waals surface area contributed by atoms with E-state index in [0.717, 1.165) is 23.5 Å². The van der Waals surface area contributed by atoms with Crippen LogP contribution >= 0.6 is 11.3 Å². The predicted molar refractivity (Wildman–Crippen MR) is 58.5 cm³/mol. The van der Waals surface area contributed by atoms with Crippen LogP contribution in [0.4, 0.5) is 0 Å². The number of aliphatic hydroxyl groups is 1. The van der Waals surface area contributed by atoms with E-state index in [0.29, 0.717) is 5.92 Å². The smallest absolute Gasteiger partial charge is 0.0956 e. The van der Waals surface area contributed by atoms with E-state index in [4.69, 9.17) is 0 Å². The van der Waals surface area contributed by atoms with E-state index in [-0.39, 0.29) is 0 Å². The van der Waals surface area contributed by atoms with Gasteiger partial charge in [-0.2, -0.15) is 0 Å². The summed E-state index contributed by atoms with van der Waals surface area (Å²) >= 11 is 1.67. The molecule has 0 aliphatic heterocycles. The van der Waals surface area contributed by atoms with Gasteiger partial charge in [-0.15, -0.1) is 11.3 Å². The molecular formula is C11H17NOS. The molecule has 1 aliphatic rings. The van der Waals surface area contributed by atoms with E-state index in [9.17, 15) is 5.11 Å². The van der Waals surface area contributed by atoms with E-state index in [1.165, 1.54) is 12.8 Å². The molecule has 0 saturated heterocycles. The van der Waals surface area contributed by atoms with Crippen LogP contribution in [0.5, 0.6) is 0 Å². The van der Waals surface area contributed by atoms with E-state index < -0.39 is 5.60 Å². The lowest BCUT2D eigenvalue weighted by Crippen LogP contribution is -2.33. The highest BCUT2D eigenvalue weighted by Crippen LogP contribution is 2.43. The first-order chi connectivity index (χ1) is 6.64. The summed E-state index contributed by atoms with van der Waals surface area (Å²) in [5.74, 6) is 0.525. The van der Waals surface area contributed by atoms with Gasteiger partial charge >= 0.3 is 0 Å². The zero-order valence-electron chi connectivity index (χ0n) is 8.79. The molecule has 78 valence electrons. The number of aryl methyl sites for hydroxylation is 1. The highest BCUT2D eigenvalue weighted by Gasteiger charge is 2.42. The first-order valence-electron chi connectivity index (χ1n) is 5.27. The van der Waals surface area contributed by atoms with Crippen LogP contribution in [0.3, 0.4) is 0 Å². The monoisotopic (exact) mass is 211 g/mol. The third kappa shape index (κ3) is 1.98. The van der Waals surface area contributed by atoms with Crippen molar-refractivity contribution in [1.82, 2.24) is 4.98 Å². The Kier molecular flexibility index (Phi) is 2.62. The van der Waals surface area contributed by atoms with Crippen molar-refractivity contribution in [2.75, 3.05) is 0 Å². The summed E-state index contributed by atoms with van der Waals surface area (Å²) in [6.45, 7) is 4.07. The Morgan fingerprint density at radius 3 is 2.79 bits per heavy atom.